The van der Waals surface area contributed by atoms with E-state index in [0.717, 1.165) is 35.3 Å². The molecule has 1 aliphatic rings. The van der Waals surface area contributed by atoms with Crippen molar-refractivity contribution in [2.45, 2.75) is 19.4 Å². The number of aromatic nitrogens is 1. The summed E-state index contributed by atoms with van der Waals surface area (Å²) in [6, 6.07) is 7.77. The van der Waals surface area contributed by atoms with Gasteiger partial charge in [0.1, 0.15) is 5.75 Å². The summed E-state index contributed by atoms with van der Waals surface area (Å²) in [6.45, 7) is 4.06. The molecule has 130 valence electrons. The van der Waals surface area contributed by atoms with Crippen molar-refractivity contribution in [2.24, 2.45) is 5.92 Å². The molecule has 1 unspecified atom stereocenters. The van der Waals surface area contributed by atoms with Crippen molar-refractivity contribution in [3.8, 4) is 5.75 Å². The molecule has 1 aromatic carbocycles. The lowest BCUT2D eigenvalue weighted by Gasteiger charge is -2.32. The maximum Gasteiger partial charge on any atom is 0.252 e. The average molecular weight is 329 g/mol. The Morgan fingerprint density at radius 1 is 1.38 bits per heavy atom. The number of pyridine rings is 1. The highest BCUT2D eigenvalue weighted by Gasteiger charge is 2.19. The number of fused-ring (bicyclic) bond motifs is 1. The lowest BCUT2D eigenvalue weighted by Crippen LogP contribution is -2.38. The summed E-state index contributed by atoms with van der Waals surface area (Å²) in [5, 5.41) is 1.04. The van der Waals surface area contributed by atoms with Crippen molar-refractivity contribution < 1.29 is 4.74 Å². The maximum atomic E-state index is 12.4. The van der Waals surface area contributed by atoms with Crippen LogP contribution in [0.4, 0.5) is 0 Å². The zero-order valence-corrected chi connectivity index (χ0v) is 14.8. The van der Waals surface area contributed by atoms with Crippen LogP contribution in [-0.4, -0.2) is 55.6 Å². The first-order valence-corrected chi connectivity index (χ1v) is 8.62. The number of piperidine rings is 1. The average Bonchev–Trinajstić information content (AvgIpc) is 2.55. The molecule has 0 radical (unpaired) electrons. The van der Waals surface area contributed by atoms with E-state index in [-0.39, 0.29) is 5.56 Å². The molecule has 2 heterocycles. The van der Waals surface area contributed by atoms with Crippen LogP contribution in [0.1, 0.15) is 18.4 Å². The van der Waals surface area contributed by atoms with Crippen LogP contribution in [0.5, 0.6) is 5.75 Å². The van der Waals surface area contributed by atoms with E-state index in [1.807, 2.05) is 24.3 Å². The Labute approximate surface area is 143 Å². The van der Waals surface area contributed by atoms with Gasteiger partial charge < -0.3 is 19.5 Å². The minimum absolute atomic E-state index is 0.0108. The van der Waals surface area contributed by atoms with E-state index in [1.54, 1.807) is 7.11 Å². The Morgan fingerprint density at radius 2 is 2.21 bits per heavy atom. The zero-order valence-electron chi connectivity index (χ0n) is 14.8. The second-order valence-electron chi connectivity index (χ2n) is 7.04. The van der Waals surface area contributed by atoms with Crippen molar-refractivity contribution in [2.75, 3.05) is 40.8 Å². The van der Waals surface area contributed by atoms with E-state index in [9.17, 15) is 4.79 Å². The van der Waals surface area contributed by atoms with Gasteiger partial charge in [-0.15, -0.1) is 0 Å². The van der Waals surface area contributed by atoms with Gasteiger partial charge in [-0.3, -0.25) is 4.79 Å². The number of H-pyrrole nitrogens is 1. The van der Waals surface area contributed by atoms with Crippen molar-refractivity contribution >= 4 is 10.9 Å². The molecule has 0 aliphatic carbocycles. The van der Waals surface area contributed by atoms with Crippen LogP contribution < -0.4 is 10.3 Å². The lowest BCUT2D eigenvalue weighted by atomic mass is 9.98. The van der Waals surface area contributed by atoms with Crippen LogP contribution in [-0.2, 0) is 6.54 Å². The first kappa shape index (κ1) is 17.0. The molecule has 24 heavy (non-hydrogen) atoms. The molecular formula is C19H27N3O2. The Bertz CT molecular complexity index is 756. The number of rotatable bonds is 5. The normalized spacial score (nSPS) is 19.1. The van der Waals surface area contributed by atoms with Crippen molar-refractivity contribution in [3.05, 3.63) is 40.2 Å². The predicted octanol–water partition coefficient (Wildman–Crippen LogP) is 2.31. The maximum absolute atomic E-state index is 12.4. The van der Waals surface area contributed by atoms with Crippen LogP contribution >= 0.6 is 0 Å². The SMILES string of the molecule is COc1ccc2cc(CN(C)CC3CCCN(C)C3)c(=O)[nH]c2c1. The number of nitrogens with zero attached hydrogens (tertiary/aromatic N) is 2. The molecule has 1 fully saturated rings. The van der Waals surface area contributed by atoms with E-state index in [4.69, 9.17) is 4.74 Å². The number of nitrogens with one attached hydrogen (secondary N) is 1. The monoisotopic (exact) mass is 329 g/mol. The zero-order chi connectivity index (χ0) is 17.1. The third-order valence-corrected chi connectivity index (χ3v) is 4.86. The topological polar surface area (TPSA) is 48.6 Å². The van der Waals surface area contributed by atoms with Gasteiger partial charge in [-0.25, -0.2) is 0 Å². The van der Waals surface area contributed by atoms with E-state index >= 15 is 0 Å². The first-order valence-electron chi connectivity index (χ1n) is 8.62. The standard InChI is InChI=1S/C19H27N3O2/c1-21-8-4-5-14(11-21)12-22(2)13-16-9-15-6-7-17(24-3)10-18(15)20-19(16)23/h6-7,9-10,14H,4-5,8,11-13H2,1-3H3,(H,20,23). The minimum Gasteiger partial charge on any atom is -0.497 e. The second-order valence-corrected chi connectivity index (χ2v) is 7.04. The summed E-state index contributed by atoms with van der Waals surface area (Å²) in [4.78, 5) is 20.0. The number of likely N-dealkylation sites (tertiary alicyclic amines) is 1. The Hall–Kier alpha value is -1.85. The number of benzene rings is 1. The predicted molar refractivity (Wildman–Crippen MR) is 97.7 cm³/mol. The van der Waals surface area contributed by atoms with Crippen molar-refractivity contribution in [1.82, 2.24) is 14.8 Å². The molecule has 1 aromatic heterocycles. The summed E-state index contributed by atoms with van der Waals surface area (Å²) in [7, 11) is 5.92. The molecule has 1 atom stereocenters. The highest BCUT2D eigenvalue weighted by atomic mass is 16.5. The lowest BCUT2D eigenvalue weighted by molar-refractivity contribution is 0.163. The van der Waals surface area contributed by atoms with E-state index in [0.29, 0.717) is 12.5 Å². The summed E-state index contributed by atoms with van der Waals surface area (Å²) in [6.07, 6.45) is 2.55. The highest BCUT2D eigenvalue weighted by molar-refractivity contribution is 5.80. The van der Waals surface area contributed by atoms with Crippen molar-refractivity contribution in [3.63, 3.8) is 0 Å². The number of methoxy groups -OCH3 is 1. The minimum atomic E-state index is -0.0108. The summed E-state index contributed by atoms with van der Waals surface area (Å²) >= 11 is 0. The molecule has 1 N–H and O–H groups in total. The number of ether oxygens (including phenoxy) is 1. The fourth-order valence-corrected chi connectivity index (χ4v) is 3.69. The molecule has 0 spiro atoms. The van der Waals surface area contributed by atoms with Gasteiger partial charge in [-0.1, -0.05) is 0 Å². The Kier molecular flexibility index (Phi) is 5.21. The van der Waals surface area contributed by atoms with E-state index < -0.39 is 0 Å². The fraction of sp³-hybridized carbons (Fsp3) is 0.526. The van der Waals surface area contributed by atoms with Gasteiger partial charge in [0.05, 0.1) is 12.6 Å². The first-order chi connectivity index (χ1) is 11.5. The molecule has 2 aromatic rings. The Morgan fingerprint density at radius 3 is 2.96 bits per heavy atom. The van der Waals surface area contributed by atoms with Gasteiger partial charge in [0.15, 0.2) is 0 Å². The van der Waals surface area contributed by atoms with Gasteiger partial charge >= 0.3 is 0 Å². The van der Waals surface area contributed by atoms with Gasteiger partial charge in [0.2, 0.25) is 0 Å². The largest absolute Gasteiger partial charge is 0.497 e. The Balaban J connectivity index is 1.72. The summed E-state index contributed by atoms with van der Waals surface area (Å²) < 4.78 is 5.22. The second kappa shape index (κ2) is 7.36. The smallest absolute Gasteiger partial charge is 0.252 e. The van der Waals surface area contributed by atoms with Crippen molar-refractivity contribution in [1.29, 1.82) is 0 Å². The molecule has 5 nitrogen and oxygen atoms in total. The number of aromatic amines is 1. The summed E-state index contributed by atoms with van der Waals surface area (Å²) in [5.74, 6) is 1.45. The van der Waals surface area contributed by atoms with Gasteiger partial charge in [-0.2, -0.15) is 0 Å². The molecular weight excluding hydrogens is 302 g/mol. The van der Waals surface area contributed by atoms with Crippen LogP contribution in [0.3, 0.4) is 0 Å². The van der Waals surface area contributed by atoms with Gasteiger partial charge in [-0.05, 0) is 63.0 Å². The van der Waals surface area contributed by atoms with Gasteiger partial charge in [0, 0.05) is 31.3 Å². The number of hydrogen-bond donors (Lipinski definition) is 1. The molecule has 0 amide bonds. The molecule has 0 saturated carbocycles. The molecule has 0 bridgehead atoms. The quantitative estimate of drug-likeness (QED) is 0.914. The van der Waals surface area contributed by atoms with Crippen LogP contribution in [0.25, 0.3) is 10.9 Å². The highest BCUT2D eigenvalue weighted by Crippen LogP contribution is 2.20. The third-order valence-electron chi connectivity index (χ3n) is 4.86. The van der Waals surface area contributed by atoms with E-state index in [1.165, 1.54) is 19.4 Å². The molecule has 5 heteroatoms. The molecule has 1 saturated heterocycles. The van der Waals surface area contributed by atoms with Crippen LogP contribution in [0, 0.1) is 5.92 Å². The molecule has 1 aliphatic heterocycles. The fourth-order valence-electron chi connectivity index (χ4n) is 3.69. The number of hydrogen-bond acceptors (Lipinski definition) is 4. The van der Waals surface area contributed by atoms with Gasteiger partial charge in [0.25, 0.3) is 5.56 Å². The van der Waals surface area contributed by atoms with Crippen LogP contribution in [0.15, 0.2) is 29.1 Å². The van der Waals surface area contributed by atoms with Crippen LogP contribution in [0.2, 0.25) is 0 Å². The third kappa shape index (κ3) is 3.97. The molecule has 3 rings (SSSR count). The summed E-state index contributed by atoms with van der Waals surface area (Å²) in [5.41, 5.74) is 1.63. The van der Waals surface area contributed by atoms with E-state index in [2.05, 4.69) is 28.9 Å².